The number of benzene rings is 2. The molecule has 6 heteroatoms. The first-order valence-electron chi connectivity index (χ1n) is 8.82. The Labute approximate surface area is 158 Å². The van der Waals surface area contributed by atoms with Gasteiger partial charge in [-0.15, -0.1) is 0 Å². The van der Waals surface area contributed by atoms with Gasteiger partial charge in [-0.1, -0.05) is 0 Å². The third kappa shape index (κ3) is 3.03. The van der Waals surface area contributed by atoms with Gasteiger partial charge in [-0.25, -0.2) is 0 Å². The molecule has 2 atom stereocenters. The van der Waals surface area contributed by atoms with Crippen molar-refractivity contribution >= 4 is 38.1 Å². The Kier molecular flexibility index (Phi) is 5.39. The molecule has 0 aromatic heterocycles. The Morgan fingerprint density at radius 3 is 1.85 bits per heavy atom. The summed E-state index contributed by atoms with van der Waals surface area (Å²) in [6, 6.07) is 18.0. The van der Waals surface area contributed by atoms with Gasteiger partial charge in [0.1, 0.15) is 0 Å². The number of carbonyl (C=O) groups is 2. The van der Waals surface area contributed by atoms with E-state index < -0.39 is 31.1 Å². The molecule has 5 nitrogen and oxygen atoms in total. The normalized spacial score (nSPS) is 20.1. The fraction of sp³-hybridized carbons (Fsp3) is 0.300. The van der Waals surface area contributed by atoms with Crippen LogP contribution in [0.15, 0.2) is 60.7 Å². The molecule has 0 unspecified atom stereocenters. The molecule has 136 valence electrons. The number of amides is 1. The van der Waals surface area contributed by atoms with E-state index in [0.29, 0.717) is 0 Å². The number of carbonyl (C=O) groups excluding carboxylic acids is 2. The van der Waals surface area contributed by atoms with Gasteiger partial charge in [-0.3, -0.25) is 0 Å². The average Bonchev–Trinajstić information content (AvgIpc) is 2.96. The van der Waals surface area contributed by atoms with Gasteiger partial charge in [-0.05, 0) is 0 Å². The van der Waals surface area contributed by atoms with Crippen LogP contribution in [0.4, 0.5) is 0 Å². The molecule has 26 heavy (non-hydrogen) atoms. The van der Waals surface area contributed by atoms with Crippen LogP contribution in [0.25, 0.3) is 0 Å². The summed E-state index contributed by atoms with van der Waals surface area (Å²) < 4.78 is 9.80. The van der Waals surface area contributed by atoms with Crippen molar-refractivity contribution in [1.82, 2.24) is 3.12 Å². The second kappa shape index (κ2) is 7.40. The maximum absolute atomic E-state index is 13.2. The zero-order valence-corrected chi connectivity index (χ0v) is 18.1. The van der Waals surface area contributed by atoms with E-state index in [9.17, 15) is 9.59 Å². The summed E-state index contributed by atoms with van der Waals surface area (Å²) in [5, 5.41) is 0. The molecular weight excluding hydrogens is 435 g/mol. The first-order valence-corrected chi connectivity index (χ1v) is 14.1. The van der Waals surface area contributed by atoms with Crippen molar-refractivity contribution in [3.05, 3.63) is 60.7 Å². The number of rotatable bonds is 4. The zero-order chi connectivity index (χ0) is 18.9. The molecule has 0 saturated carbocycles. The third-order valence-corrected chi connectivity index (χ3v) is 15.8. The Bertz CT molecular complexity index is 754. The molecule has 0 radical (unpaired) electrons. The third-order valence-electron chi connectivity index (χ3n) is 4.70. The fourth-order valence-corrected chi connectivity index (χ4v) is 15.6. The van der Waals surface area contributed by atoms with Gasteiger partial charge in [-0.2, -0.15) is 0 Å². The Hall–Kier alpha value is -1.86. The number of hydrogen-bond acceptors (Lipinski definition) is 4. The van der Waals surface area contributed by atoms with Gasteiger partial charge in [0.05, 0.1) is 0 Å². The van der Waals surface area contributed by atoms with E-state index in [1.165, 1.54) is 0 Å². The summed E-state index contributed by atoms with van der Waals surface area (Å²) >= 11 is -4.28. The zero-order valence-electron chi connectivity index (χ0n) is 15.3. The molecule has 0 aliphatic carbocycles. The molecule has 1 heterocycles. The van der Waals surface area contributed by atoms with Crippen LogP contribution in [-0.2, 0) is 12.7 Å². The van der Waals surface area contributed by atoms with Gasteiger partial charge >= 0.3 is 159 Å². The van der Waals surface area contributed by atoms with Crippen molar-refractivity contribution in [2.75, 3.05) is 0 Å². The summed E-state index contributed by atoms with van der Waals surface area (Å²) in [6.07, 6.45) is 0. The van der Waals surface area contributed by atoms with Crippen LogP contribution in [0, 0.1) is 5.92 Å². The SMILES string of the molecule is CC(C)[C@H]1C(=O)[O][Sn]([c]2ccccc2)([c]2ccccc2)[N]1C(=O)[C@H](C)N. The van der Waals surface area contributed by atoms with Gasteiger partial charge in [0.25, 0.3) is 0 Å². The van der Waals surface area contributed by atoms with Crippen LogP contribution in [0.5, 0.6) is 0 Å². The van der Waals surface area contributed by atoms with Gasteiger partial charge in [0, 0.05) is 0 Å². The number of nitrogens with zero attached hydrogens (tertiary/aromatic N) is 1. The van der Waals surface area contributed by atoms with Crippen LogP contribution < -0.4 is 12.9 Å². The number of hydrogen-bond donors (Lipinski definition) is 1. The molecule has 1 saturated heterocycles. The van der Waals surface area contributed by atoms with Crippen LogP contribution in [0.2, 0.25) is 0 Å². The molecular formula is C20H24N2O3Sn. The fourth-order valence-electron chi connectivity index (χ4n) is 3.53. The molecule has 2 aromatic rings. The molecule has 1 aliphatic rings. The van der Waals surface area contributed by atoms with E-state index in [1.807, 2.05) is 74.5 Å². The summed E-state index contributed by atoms with van der Waals surface area (Å²) in [6.45, 7) is 5.53. The minimum atomic E-state index is -4.28. The van der Waals surface area contributed by atoms with Crippen LogP contribution in [0.3, 0.4) is 0 Å². The van der Waals surface area contributed by atoms with Gasteiger partial charge in [0.15, 0.2) is 0 Å². The molecule has 2 aromatic carbocycles. The Morgan fingerprint density at radius 2 is 1.46 bits per heavy atom. The van der Waals surface area contributed by atoms with Crippen molar-refractivity contribution in [1.29, 1.82) is 0 Å². The summed E-state index contributed by atoms with van der Waals surface area (Å²) in [7, 11) is 0. The summed E-state index contributed by atoms with van der Waals surface area (Å²) in [4.78, 5) is 26.1. The van der Waals surface area contributed by atoms with Crippen molar-refractivity contribution in [2.45, 2.75) is 32.9 Å². The molecule has 0 spiro atoms. The number of nitrogens with two attached hydrogens (primary N) is 1. The van der Waals surface area contributed by atoms with E-state index >= 15 is 0 Å². The maximum atomic E-state index is 13.2. The van der Waals surface area contributed by atoms with E-state index in [1.54, 1.807) is 10.0 Å². The average molecular weight is 459 g/mol. The molecule has 2 N–H and O–H groups in total. The topological polar surface area (TPSA) is 72.6 Å². The predicted octanol–water partition coefficient (Wildman–Crippen LogP) is 1.00. The minimum absolute atomic E-state index is 0.0591. The van der Waals surface area contributed by atoms with E-state index in [-0.39, 0.29) is 17.8 Å². The van der Waals surface area contributed by atoms with Gasteiger partial charge < -0.3 is 0 Å². The molecule has 1 aliphatic heterocycles. The van der Waals surface area contributed by atoms with E-state index in [4.69, 9.17) is 8.81 Å². The predicted molar refractivity (Wildman–Crippen MR) is 103 cm³/mol. The van der Waals surface area contributed by atoms with Crippen molar-refractivity contribution in [2.24, 2.45) is 11.7 Å². The quantitative estimate of drug-likeness (QED) is 0.693. The van der Waals surface area contributed by atoms with E-state index in [2.05, 4.69) is 0 Å². The summed E-state index contributed by atoms with van der Waals surface area (Å²) in [5.41, 5.74) is 5.98. The summed E-state index contributed by atoms with van der Waals surface area (Å²) in [5.74, 6) is -0.605. The molecule has 3 rings (SSSR count). The Morgan fingerprint density at radius 1 is 1.00 bits per heavy atom. The first-order chi connectivity index (χ1) is 12.4. The molecule has 0 bridgehead atoms. The monoisotopic (exact) mass is 460 g/mol. The standard InChI is InChI=1S/C8H16N2O3.2C6H5.Sn/c1-4(2)6(8(12)13)10-7(11)5(3)9;2*1-2-4-6-5-3-1;/h4-6H,9H2,1-3H3,(H2,10,11,12,13);2*1-5H;/q;;;+2/p-2/t5-,6-;;;/m0.../s1. The second-order valence-electron chi connectivity index (χ2n) is 6.98. The Balaban J connectivity index is 2.31. The van der Waals surface area contributed by atoms with Crippen LogP contribution in [0.1, 0.15) is 20.8 Å². The van der Waals surface area contributed by atoms with Crippen LogP contribution in [-0.4, -0.2) is 46.1 Å². The molecule has 1 amide bonds. The first kappa shape index (κ1) is 18.9. The van der Waals surface area contributed by atoms with Crippen molar-refractivity contribution in [3.63, 3.8) is 0 Å². The van der Waals surface area contributed by atoms with Crippen molar-refractivity contribution in [3.8, 4) is 0 Å². The van der Waals surface area contributed by atoms with Gasteiger partial charge in [0.2, 0.25) is 0 Å². The van der Waals surface area contributed by atoms with E-state index in [0.717, 1.165) is 7.16 Å². The molecule has 1 fully saturated rings. The van der Waals surface area contributed by atoms with Crippen LogP contribution >= 0.6 is 0 Å². The van der Waals surface area contributed by atoms with Crippen molar-refractivity contribution < 1.29 is 12.7 Å². The second-order valence-corrected chi connectivity index (χ2v) is 15.9.